The van der Waals surface area contributed by atoms with Gasteiger partial charge in [-0.1, -0.05) is 0 Å². The summed E-state index contributed by atoms with van der Waals surface area (Å²) in [6.07, 6.45) is 0. The number of esters is 1. The number of ketones is 1. The Morgan fingerprint density at radius 3 is 2.64 bits per heavy atom. The number of methoxy groups -OCH3 is 1. The van der Waals surface area contributed by atoms with Crippen molar-refractivity contribution >= 4 is 23.5 Å². The van der Waals surface area contributed by atoms with Gasteiger partial charge in [-0.3, -0.25) is 4.79 Å². The molecule has 11 heavy (non-hydrogen) atoms. The fourth-order valence-electron chi connectivity index (χ4n) is 0.874. The maximum atomic E-state index is 11.0. The Labute approximate surface area is 68.8 Å². The van der Waals surface area contributed by atoms with E-state index in [1.807, 2.05) is 0 Å². The molecule has 1 aliphatic heterocycles. The van der Waals surface area contributed by atoms with Crippen molar-refractivity contribution in [1.29, 1.82) is 0 Å². The van der Waals surface area contributed by atoms with Crippen molar-refractivity contribution in [1.82, 2.24) is 0 Å². The zero-order chi connectivity index (χ0) is 8.43. The molecule has 0 aromatic rings. The monoisotopic (exact) mass is 172 g/mol. The van der Waals surface area contributed by atoms with Crippen LogP contribution in [0.1, 0.15) is 6.92 Å². The van der Waals surface area contributed by atoms with Gasteiger partial charge in [0.2, 0.25) is 0 Å². The molecule has 3 nitrogen and oxygen atoms in total. The van der Waals surface area contributed by atoms with E-state index in [2.05, 4.69) is 4.74 Å². The first-order chi connectivity index (χ1) is 5.16. The van der Waals surface area contributed by atoms with Crippen LogP contribution in [0, 0.1) is 0 Å². The number of Topliss-reactive ketones (excluding diaryl/α,β-unsaturated/α-hetero) is 1. The van der Waals surface area contributed by atoms with Gasteiger partial charge in [0.15, 0.2) is 5.78 Å². The van der Waals surface area contributed by atoms with Crippen molar-refractivity contribution in [2.24, 2.45) is 0 Å². The number of hydrogen-bond acceptors (Lipinski definition) is 4. The molecule has 1 aliphatic rings. The molecule has 0 bridgehead atoms. The highest BCUT2D eigenvalue weighted by molar-refractivity contribution is 8.04. The fraction of sp³-hybridized carbons (Fsp3) is 0.429. The number of thioether (sulfide) groups is 1. The van der Waals surface area contributed by atoms with E-state index in [4.69, 9.17) is 0 Å². The molecule has 0 unspecified atom stereocenters. The summed E-state index contributed by atoms with van der Waals surface area (Å²) in [5.41, 5.74) is 0.220. The van der Waals surface area contributed by atoms with E-state index in [1.54, 1.807) is 6.92 Å². The molecule has 60 valence electrons. The van der Waals surface area contributed by atoms with Crippen molar-refractivity contribution in [2.75, 3.05) is 12.9 Å². The normalized spacial score (nSPS) is 17.5. The second-order valence-corrected chi connectivity index (χ2v) is 3.32. The molecule has 0 N–H and O–H groups in total. The second-order valence-electron chi connectivity index (χ2n) is 2.13. The molecule has 0 fully saturated rings. The summed E-state index contributed by atoms with van der Waals surface area (Å²) in [5.74, 6) is -0.271. The minimum atomic E-state index is -0.516. The van der Waals surface area contributed by atoms with E-state index in [0.717, 1.165) is 4.91 Å². The summed E-state index contributed by atoms with van der Waals surface area (Å²) >= 11 is 1.39. The van der Waals surface area contributed by atoms with Crippen molar-refractivity contribution < 1.29 is 14.3 Å². The molecule has 0 radical (unpaired) electrons. The van der Waals surface area contributed by atoms with E-state index in [9.17, 15) is 9.59 Å². The molecule has 1 heterocycles. The van der Waals surface area contributed by atoms with Crippen LogP contribution in [0.25, 0.3) is 0 Å². The average molecular weight is 172 g/mol. The third-order valence-electron chi connectivity index (χ3n) is 1.44. The summed E-state index contributed by atoms with van der Waals surface area (Å²) in [5, 5.41) is 0. The van der Waals surface area contributed by atoms with E-state index in [0.29, 0.717) is 5.75 Å². The van der Waals surface area contributed by atoms with Gasteiger partial charge >= 0.3 is 5.97 Å². The predicted molar refractivity (Wildman–Crippen MR) is 42.2 cm³/mol. The quantitative estimate of drug-likeness (QED) is 0.432. The molecular weight excluding hydrogens is 164 g/mol. The van der Waals surface area contributed by atoms with E-state index >= 15 is 0 Å². The van der Waals surface area contributed by atoms with Crippen LogP contribution in [0.4, 0.5) is 0 Å². The lowest BCUT2D eigenvalue weighted by atomic mass is 10.2. The highest BCUT2D eigenvalue weighted by atomic mass is 32.2. The lowest BCUT2D eigenvalue weighted by molar-refractivity contribution is -0.137. The Balaban J connectivity index is 2.92. The Bertz CT molecular complexity index is 242. The van der Waals surface area contributed by atoms with Crippen molar-refractivity contribution in [3.05, 3.63) is 10.5 Å². The van der Waals surface area contributed by atoms with Crippen LogP contribution in [0.15, 0.2) is 10.5 Å². The van der Waals surface area contributed by atoms with Gasteiger partial charge in [-0.2, -0.15) is 0 Å². The summed E-state index contributed by atoms with van der Waals surface area (Å²) in [4.78, 5) is 22.7. The molecule has 0 aromatic carbocycles. The van der Waals surface area contributed by atoms with Crippen LogP contribution >= 0.6 is 11.8 Å². The Morgan fingerprint density at radius 1 is 1.64 bits per heavy atom. The fourth-order valence-corrected chi connectivity index (χ4v) is 1.71. The van der Waals surface area contributed by atoms with Crippen LogP contribution in [0.5, 0.6) is 0 Å². The average Bonchev–Trinajstić information content (AvgIpc) is 2.30. The van der Waals surface area contributed by atoms with Crippen LogP contribution in [0.3, 0.4) is 0 Å². The Hall–Kier alpha value is -0.770. The molecule has 0 atom stereocenters. The molecule has 4 heteroatoms. The minimum Gasteiger partial charge on any atom is -0.465 e. The van der Waals surface area contributed by atoms with E-state index in [-0.39, 0.29) is 11.4 Å². The number of hydrogen-bond donors (Lipinski definition) is 0. The lowest BCUT2D eigenvalue weighted by Gasteiger charge is -1.97. The zero-order valence-corrected chi connectivity index (χ0v) is 7.16. The van der Waals surface area contributed by atoms with Crippen molar-refractivity contribution in [3.8, 4) is 0 Å². The van der Waals surface area contributed by atoms with Crippen LogP contribution < -0.4 is 0 Å². The zero-order valence-electron chi connectivity index (χ0n) is 6.34. The number of carbonyl (C=O) groups is 2. The van der Waals surface area contributed by atoms with Crippen LogP contribution in [-0.4, -0.2) is 24.6 Å². The summed E-state index contributed by atoms with van der Waals surface area (Å²) in [6, 6.07) is 0. The molecule has 0 aliphatic carbocycles. The number of ether oxygens (including phenoxy) is 1. The highest BCUT2D eigenvalue weighted by Crippen LogP contribution is 2.28. The van der Waals surface area contributed by atoms with Gasteiger partial charge in [-0.25, -0.2) is 4.79 Å². The van der Waals surface area contributed by atoms with Gasteiger partial charge in [0.1, 0.15) is 5.57 Å². The molecule has 0 saturated heterocycles. The molecule has 1 rings (SSSR count). The highest BCUT2D eigenvalue weighted by Gasteiger charge is 2.27. The van der Waals surface area contributed by atoms with Crippen LogP contribution in [0.2, 0.25) is 0 Å². The number of rotatable bonds is 1. The van der Waals surface area contributed by atoms with Gasteiger partial charge in [-0.15, -0.1) is 11.8 Å². The SMILES string of the molecule is COC(=O)C1=C(C)SCC1=O. The standard InChI is InChI=1S/C7H8O3S/c1-4-6(7(9)10-2)5(8)3-11-4/h3H2,1-2H3. The van der Waals surface area contributed by atoms with E-state index < -0.39 is 5.97 Å². The van der Waals surface area contributed by atoms with E-state index in [1.165, 1.54) is 18.9 Å². The third kappa shape index (κ3) is 1.45. The molecule has 0 spiro atoms. The van der Waals surface area contributed by atoms with Gasteiger partial charge in [0.25, 0.3) is 0 Å². The third-order valence-corrected chi connectivity index (χ3v) is 2.48. The molecule has 0 saturated carbocycles. The maximum absolute atomic E-state index is 11.0. The predicted octanol–water partition coefficient (Wildman–Crippen LogP) is 0.749. The van der Waals surface area contributed by atoms with Gasteiger partial charge in [0, 0.05) is 4.91 Å². The molecular formula is C7H8O3S. The largest absolute Gasteiger partial charge is 0.465 e. The number of allylic oxidation sites excluding steroid dienone is 1. The number of carbonyl (C=O) groups excluding carboxylic acids is 2. The lowest BCUT2D eigenvalue weighted by Crippen LogP contribution is -2.12. The first kappa shape index (κ1) is 8.33. The summed E-state index contributed by atoms with van der Waals surface area (Å²) in [6.45, 7) is 1.75. The van der Waals surface area contributed by atoms with Gasteiger partial charge in [0.05, 0.1) is 12.9 Å². The Kier molecular flexibility index (Phi) is 2.34. The van der Waals surface area contributed by atoms with Crippen molar-refractivity contribution in [2.45, 2.75) is 6.92 Å². The van der Waals surface area contributed by atoms with Crippen LogP contribution in [-0.2, 0) is 14.3 Å². The first-order valence-electron chi connectivity index (χ1n) is 3.12. The summed E-state index contributed by atoms with van der Waals surface area (Å²) < 4.78 is 4.44. The molecule has 0 amide bonds. The topological polar surface area (TPSA) is 43.4 Å². The molecule has 0 aromatic heterocycles. The smallest absolute Gasteiger partial charge is 0.342 e. The van der Waals surface area contributed by atoms with Crippen molar-refractivity contribution in [3.63, 3.8) is 0 Å². The summed E-state index contributed by atoms with van der Waals surface area (Å²) in [7, 11) is 1.28. The minimum absolute atomic E-state index is 0.126. The Morgan fingerprint density at radius 2 is 2.27 bits per heavy atom. The maximum Gasteiger partial charge on any atom is 0.342 e. The first-order valence-corrected chi connectivity index (χ1v) is 4.10. The van der Waals surface area contributed by atoms with Gasteiger partial charge in [-0.05, 0) is 6.92 Å². The second kappa shape index (κ2) is 3.09. The van der Waals surface area contributed by atoms with Gasteiger partial charge < -0.3 is 4.74 Å².